The standard InChI is InChI=1S/C16H17F/c1-3-13-11-16(17)9-8-15(13)10-14-7-5-4-6-12(14)2/h4-9,11H,3,10H2,1-2H3. The van der Waals surface area contributed by atoms with E-state index < -0.39 is 0 Å². The van der Waals surface area contributed by atoms with Gasteiger partial charge in [-0.05, 0) is 54.2 Å². The number of benzene rings is 2. The van der Waals surface area contributed by atoms with Crippen LogP contribution < -0.4 is 0 Å². The molecule has 0 fully saturated rings. The van der Waals surface area contributed by atoms with Crippen LogP contribution in [-0.2, 0) is 12.8 Å². The lowest BCUT2D eigenvalue weighted by molar-refractivity contribution is 0.624. The van der Waals surface area contributed by atoms with Crippen molar-refractivity contribution >= 4 is 0 Å². The Morgan fingerprint density at radius 2 is 1.71 bits per heavy atom. The van der Waals surface area contributed by atoms with Crippen LogP contribution in [0.2, 0.25) is 0 Å². The summed E-state index contributed by atoms with van der Waals surface area (Å²) in [7, 11) is 0. The zero-order valence-electron chi connectivity index (χ0n) is 10.3. The molecule has 0 aliphatic rings. The zero-order chi connectivity index (χ0) is 12.3. The summed E-state index contributed by atoms with van der Waals surface area (Å²) >= 11 is 0. The predicted molar refractivity (Wildman–Crippen MR) is 69.8 cm³/mol. The van der Waals surface area contributed by atoms with Crippen molar-refractivity contribution in [2.75, 3.05) is 0 Å². The molecule has 0 radical (unpaired) electrons. The molecule has 0 aromatic heterocycles. The largest absolute Gasteiger partial charge is 0.207 e. The Morgan fingerprint density at radius 3 is 2.41 bits per heavy atom. The third-order valence-corrected chi connectivity index (χ3v) is 3.19. The van der Waals surface area contributed by atoms with Gasteiger partial charge in [-0.3, -0.25) is 0 Å². The number of aryl methyl sites for hydroxylation is 2. The Bertz CT molecular complexity index is 515. The van der Waals surface area contributed by atoms with Crippen LogP contribution >= 0.6 is 0 Å². The van der Waals surface area contributed by atoms with E-state index in [4.69, 9.17) is 0 Å². The van der Waals surface area contributed by atoms with Gasteiger partial charge in [0.05, 0.1) is 0 Å². The molecule has 0 nitrogen and oxygen atoms in total. The van der Waals surface area contributed by atoms with Crippen molar-refractivity contribution in [2.45, 2.75) is 26.7 Å². The molecule has 2 aromatic rings. The van der Waals surface area contributed by atoms with Gasteiger partial charge in [0.1, 0.15) is 5.82 Å². The monoisotopic (exact) mass is 228 g/mol. The molecule has 0 unspecified atom stereocenters. The minimum Gasteiger partial charge on any atom is -0.207 e. The second-order valence-electron chi connectivity index (χ2n) is 4.37. The number of halogens is 1. The molecule has 0 atom stereocenters. The first-order valence-corrected chi connectivity index (χ1v) is 6.02. The highest BCUT2D eigenvalue weighted by Gasteiger charge is 2.05. The maximum atomic E-state index is 13.2. The van der Waals surface area contributed by atoms with Crippen LogP contribution in [0.25, 0.3) is 0 Å². The minimum absolute atomic E-state index is 0.143. The minimum atomic E-state index is -0.143. The molecule has 0 heterocycles. The van der Waals surface area contributed by atoms with E-state index in [0.29, 0.717) is 0 Å². The summed E-state index contributed by atoms with van der Waals surface area (Å²) in [6, 6.07) is 13.4. The molecule has 2 rings (SSSR count). The summed E-state index contributed by atoms with van der Waals surface area (Å²) in [5.41, 5.74) is 4.93. The van der Waals surface area contributed by atoms with Gasteiger partial charge in [-0.1, -0.05) is 37.3 Å². The second kappa shape index (κ2) is 5.13. The van der Waals surface area contributed by atoms with Gasteiger partial charge in [-0.15, -0.1) is 0 Å². The molecule has 0 aliphatic heterocycles. The Hall–Kier alpha value is -1.63. The number of rotatable bonds is 3. The summed E-state index contributed by atoms with van der Waals surface area (Å²) in [5, 5.41) is 0. The molecule has 0 spiro atoms. The van der Waals surface area contributed by atoms with Crippen LogP contribution in [0.5, 0.6) is 0 Å². The van der Waals surface area contributed by atoms with Crippen molar-refractivity contribution in [3.05, 3.63) is 70.5 Å². The fourth-order valence-electron chi connectivity index (χ4n) is 2.11. The summed E-state index contributed by atoms with van der Waals surface area (Å²) in [6.07, 6.45) is 1.76. The first kappa shape index (κ1) is 11.8. The molecular weight excluding hydrogens is 211 g/mol. The van der Waals surface area contributed by atoms with E-state index in [1.165, 1.54) is 16.7 Å². The fourth-order valence-corrected chi connectivity index (χ4v) is 2.11. The molecule has 88 valence electrons. The smallest absolute Gasteiger partial charge is 0.123 e. The van der Waals surface area contributed by atoms with E-state index in [2.05, 4.69) is 32.0 Å². The lowest BCUT2D eigenvalue weighted by Gasteiger charge is -2.10. The van der Waals surface area contributed by atoms with Crippen molar-refractivity contribution in [1.29, 1.82) is 0 Å². The Morgan fingerprint density at radius 1 is 0.941 bits per heavy atom. The summed E-state index contributed by atoms with van der Waals surface area (Å²) in [5.74, 6) is -0.143. The summed E-state index contributed by atoms with van der Waals surface area (Å²) < 4.78 is 13.2. The van der Waals surface area contributed by atoms with Gasteiger partial charge in [0, 0.05) is 0 Å². The number of hydrogen-bond donors (Lipinski definition) is 0. The second-order valence-corrected chi connectivity index (χ2v) is 4.37. The van der Waals surface area contributed by atoms with Crippen molar-refractivity contribution in [3.63, 3.8) is 0 Å². The molecule has 0 N–H and O–H groups in total. The van der Waals surface area contributed by atoms with Crippen LogP contribution in [0.4, 0.5) is 4.39 Å². The average Bonchev–Trinajstić information content (AvgIpc) is 2.34. The van der Waals surface area contributed by atoms with E-state index in [1.807, 2.05) is 12.1 Å². The Balaban J connectivity index is 2.33. The molecule has 0 saturated carbocycles. The predicted octanol–water partition coefficient (Wildman–Crippen LogP) is 4.29. The highest BCUT2D eigenvalue weighted by molar-refractivity contribution is 5.36. The maximum absolute atomic E-state index is 13.2. The van der Waals surface area contributed by atoms with Crippen LogP contribution in [0, 0.1) is 12.7 Å². The lowest BCUT2D eigenvalue weighted by atomic mass is 9.96. The molecule has 0 aliphatic carbocycles. The third kappa shape index (κ3) is 2.73. The Kier molecular flexibility index (Phi) is 3.58. The molecule has 17 heavy (non-hydrogen) atoms. The molecule has 0 bridgehead atoms. The number of hydrogen-bond acceptors (Lipinski definition) is 0. The van der Waals surface area contributed by atoms with Crippen molar-refractivity contribution in [3.8, 4) is 0 Å². The van der Waals surface area contributed by atoms with Crippen LogP contribution in [0.1, 0.15) is 29.2 Å². The molecule has 0 saturated heterocycles. The van der Waals surface area contributed by atoms with Crippen molar-refractivity contribution in [2.24, 2.45) is 0 Å². The van der Waals surface area contributed by atoms with Crippen LogP contribution in [-0.4, -0.2) is 0 Å². The fraction of sp³-hybridized carbons (Fsp3) is 0.250. The van der Waals surface area contributed by atoms with Gasteiger partial charge in [0.25, 0.3) is 0 Å². The van der Waals surface area contributed by atoms with Gasteiger partial charge in [0.2, 0.25) is 0 Å². The average molecular weight is 228 g/mol. The quantitative estimate of drug-likeness (QED) is 0.735. The van der Waals surface area contributed by atoms with Crippen LogP contribution in [0.3, 0.4) is 0 Å². The van der Waals surface area contributed by atoms with Crippen molar-refractivity contribution < 1.29 is 4.39 Å². The van der Waals surface area contributed by atoms with E-state index in [0.717, 1.165) is 18.4 Å². The molecule has 1 heteroatoms. The van der Waals surface area contributed by atoms with Gasteiger partial charge < -0.3 is 0 Å². The molecule has 2 aromatic carbocycles. The topological polar surface area (TPSA) is 0 Å². The van der Waals surface area contributed by atoms with Gasteiger partial charge in [-0.25, -0.2) is 4.39 Å². The normalized spacial score (nSPS) is 10.5. The van der Waals surface area contributed by atoms with Crippen LogP contribution in [0.15, 0.2) is 42.5 Å². The zero-order valence-corrected chi connectivity index (χ0v) is 10.3. The Labute approximate surface area is 102 Å². The van der Waals surface area contributed by atoms with Gasteiger partial charge in [-0.2, -0.15) is 0 Å². The lowest BCUT2D eigenvalue weighted by Crippen LogP contribution is -1.97. The molecular formula is C16H17F. The highest BCUT2D eigenvalue weighted by Crippen LogP contribution is 2.18. The maximum Gasteiger partial charge on any atom is 0.123 e. The van der Waals surface area contributed by atoms with E-state index in [1.54, 1.807) is 12.1 Å². The third-order valence-electron chi connectivity index (χ3n) is 3.19. The summed E-state index contributed by atoms with van der Waals surface area (Å²) in [6.45, 7) is 4.18. The molecule has 0 amide bonds. The first-order valence-electron chi connectivity index (χ1n) is 6.02. The van der Waals surface area contributed by atoms with Gasteiger partial charge in [0.15, 0.2) is 0 Å². The highest BCUT2D eigenvalue weighted by atomic mass is 19.1. The van der Waals surface area contributed by atoms with Gasteiger partial charge >= 0.3 is 0 Å². The van der Waals surface area contributed by atoms with E-state index in [9.17, 15) is 4.39 Å². The van der Waals surface area contributed by atoms with E-state index >= 15 is 0 Å². The first-order chi connectivity index (χ1) is 8.20. The van der Waals surface area contributed by atoms with E-state index in [-0.39, 0.29) is 5.82 Å². The SMILES string of the molecule is CCc1cc(F)ccc1Cc1ccccc1C. The van der Waals surface area contributed by atoms with Crippen molar-refractivity contribution in [1.82, 2.24) is 0 Å². The summed E-state index contributed by atoms with van der Waals surface area (Å²) in [4.78, 5) is 0.